The van der Waals surface area contributed by atoms with Gasteiger partial charge in [0, 0.05) is 18.7 Å². The highest BCUT2D eigenvalue weighted by Gasteiger charge is 2.33. The van der Waals surface area contributed by atoms with Crippen molar-refractivity contribution in [1.29, 1.82) is 0 Å². The average Bonchev–Trinajstić information content (AvgIpc) is 2.78. The van der Waals surface area contributed by atoms with Gasteiger partial charge in [0.15, 0.2) is 11.5 Å². The number of ether oxygens (including phenoxy) is 2. The summed E-state index contributed by atoms with van der Waals surface area (Å²) in [5.74, 6) is 0.813. The van der Waals surface area contributed by atoms with E-state index in [1.165, 1.54) is 12.0 Å². The normalized spacial score (nSPS) is 21.9. The molecular weight excluding hydrogens is 262 g/mol. The highest BCUT2D eigenvalue weighted by Crippen LogP contribution is 2.29. The molecule has 0 aromatic heterocycles. The summed E-state index contributed by atoms with van der Waals surface area (Å²) in [4.78, 5) is 13.7. The number of methoxy groups -OCH3 is 1. The molecule has 0 radical (unpaired) electrons. The Labute approximate surface area is 117 Å². The number of β-amino-alcohol motifs (C(OH)–C–C–N with tert-alkyl or cyclic N) is 2. The molecule has 1 fully saturated rings. The van der Waals surface area contributed by atoms with Crippen molar-refractivity contribution in [3.63, 3.8) is 0 Å². The second-order valence-electron chi connectivity index (χ2n) is 4.64. The first kappa shape index (κ1) is 14.6. The Balaban J connectivity index is 2.18. The Bertz CT molecular complexity index is 480. The maximum Gasteiger partial charge on any atom is 0.254 e. The van der Waals surface area contributed by atoms with Gasteiger partial charge in [-0.2, -0.15) is 0 Å². The van der Waals surface area contributed by atoms with E-state index in [9.17, 15) is 15.0 Å². The van der Waals surface area contributed by atoms with Gasteiger partial charge in [-0.3, -0.25) is 4.79 Å². The Hall–Kier alpha value is -1.79. The van der Waals surface area contributed by atoms with Crippen LogP contribution in [0.5, 0.6) is 11.5 Å². The molecule has 1 aromatic carbocycles. The summed E-state index contributed by atoms with van der Waals surface area (Å²) >= 11 is 0. The number of carbonyl (C=O) groups excluding carboxylic acids is 1. The quantitative estimate of drug-likeness (QED) is 0.828. The lowest BCUT2D eigenvalue weighted by Gasteiger charge is -2.16. The fourth-order valence-corrected chi connectivity index (χ4v) is 2.19. The zero-order valence-corrected chi connectivity index (χ0v) is 11.6. The third-order valence-corrected chi connectivity index (χ3v) is 3.26. The molecular formula is C14H19NO5. The number of rotatable bonds is 4. The van der Waals surface area contributed by atoms with Crippen LogP contribution in [0.1, 0.15) is 17.3 Å². The summed E-state index contributed by atoms with van der Waals surface area (Å²) in [5, 5.41) is 19.0. The molecule has 2 atom stereocenters. The van der Waals surface area contributed by atoms with Crippen LogP contribution in [0.25, 0.3) is 0 Å². The molecule has 1 aliphatic rings. The van der Waals surface area contributed by atoms with Gasteiger partial charge in [0.2, 0.25) is 0 Å². The van der Waals surface area contributed by atoms with E-state index < -0.39 is 12.2 Å². The highest BCUT2D eigenvalue weighted by molar-refractivity contribution is 5.95. The summed E-state index contributed by atoms with van der Waals surface area (Å²) in [6.07, 6.45) is -1.77. The second kappa shape index (κ2) is 6.11. The number of benzene rings is 1. The van der Waals surface area contributed by atoms with E-state index in [1.54, 1.807) is 18.2 Å². The van der Waals surface area contributed by atoms with E-state index in [-0.39, 0.29) is 19.0 Å². The van der Waals surface area contributed by atoms with Crippen molar-refractivity contribution in [2.45, 2.75) is 19.1 Å². The maximum absolute atomic E-state index is 12.3. The van der Waals surface area contributed by atoms with Crippen molar-refractivity contribution >= 4 is 5.91 Å². The molecule has 110 valence electrons. The predicted molar refractivity (Wildman–Crippen MR) is 72.1 cm³/mol. The van der Waals surface area contributed by atoms with Gasteiger partial charge >= 0.3 is 0 Å². The van der Waals surface area contributed by atoms with Gasteiger partial charge in [-0.15, -0.1) is 0 Å². The Morgan fingerprint density at radius 3 is 2.50 bits per heavy atom. The fraction of sp³-hybridized carbons (Fsp3) is 0.500. The molecule has 6 heteroatoms. The smallest absolute Gasteiger partial charge is 0.254 e. The minimum Gasteiger partial charge on any atom is -0.493 e. The van der Waals surface area contributed by atoms with E-state index in [1.807, 2.05) is 6.92 Å². The van der Waals surface area contributed by atoms with Gasteiger partial charge in [0.25, 0.3) is 5.91 Å². The van der Waals surface area contributed by atoms with Gasteiger partial charge in [0.05, 0.1) is 25.9 Å². The Kier molecular flexibility index (Phi) is 4.46. The maximum atomic E-state index is 12.3. The molecule has 2 N–H and O–H groups in total. The lowest BCUT2D eigenvalue weighted by Crippen LogP contribution is -2.29. The van der Waals surface area contributed by atoms with Crippen molar-refractivity contribution in [2.24, 2.45) is 0 Å². The zero-order valence-electron chi connectivity index (χ0n) is 11.6. The number of aliphatic hydroxyl groups is 2. The van der Waals surface area contributed by atoms with Crippen LogP contribution in [0.3, 0.4) is 0 Å². The Morgan fingerprint density at radius 2 is 1.95 bits per heavy atom. The molecule has 0 aliphatic carbocycles. The molecule has 20 heavy (non-hydrogen) atoms. The molecule has 1 aromatic rings. The van der Waals surface area contributed by atoms with Crippen LogP contribution in [-0.2, 0) is 0 Å². The number of likely N-dealkylation sites (tertiary alicyclic amines) is 1. The van der Waals surface area contributed by atoms with Crippen LogP contribution >= 0.6 is 0 Å². The number of aliphatic hydroxyl groups excluding tert-OH is 2. The fourth-order valence-electron chi connectivity index (χ4n) is 2.19. The van der Waals surface area contributed by atoms with E-state index in [4.69, 9.17) is 9.47 Å². The van der Waals surface area contributed by atoms with Crippen LogP contribution in [0.4, 0.5) is 0 Å². The van der Waals surface area contributed by atoms with E-state index in [2.05, 4.69) is 0 Å². The van der Waals surface area contributed by atoms with Gasteiger partial charge in [-0.05, 0) is 25.1 Å². The van der Waals surface area contributed by atoms with Crippen LogP contribution in [0, 0.1) is 0 Å². The van der Waals surface area contributed by atoms with Crippen molar-refractivity contribution < 1.29 is 24.5 Å². The SMILES string of the molecule is CCOc1ccc(C(=O)N2CC(O)C(O)C2)cc1OC. The summed E-state index contributed by atoms with van der Waals surface area (Å²) < 4.78 is 10.6. The van der Waals surface area contributed by atoms with Crippen LogP contribution < -0.4 is 9.47 Å². The molecule has 0 bridgehead atoms. The first-order valence-electron chi connectivity index (χ1n) is 6.53. The van der Waals surface area contributed by atoms with E-state index in [0.29, 0.717) is 23.7 Å². The van der Waals surface area contributed by atoms with Crippen LogP contribution in [0.15, 0.2) is 18.2 Å². The average molecular weight is 281 g/mol. The number of carbonyl (C=O) groups is 1. The number of hydrogen-bond acceptors (Lipinski definition) is 5. The van der Waals surface area contributed by atoms with Crippen LogP contribution in [0.2, 0.25) is 0 Å². The first-order chi connectivity index (χ1) is 9.56. The molecule has 1 amide bonds. The topological polar surface area (TPSA) is 79.2 Å². The van der Waals surface area contributed by atoms with Crippen molar-refractivity contribution in [2.75, 3.05) is 26.8 Å². The minimum absolute atomic E-state index is 0.134. The van der Waals surface area contributed by atoms with Gasteiger partial charge < -0.3 is 24.6 Å². The lowest BCUT2D eigenvalue weighted by molar-refractivity contribution is 0.0572. The standard InChI is InChI=1S/C14H19NO5/c1-3-20-12-5-4-9(6-13(12)19-2)14(18)15-7-10(16)11(17)8-15/h4-6,10-11,16-17H,3,7-8H2,1-2H3. The first-order valence-corrected chi connectivity index (χ1v) is 6.53. The third kappa shape index (κ3) is 2.86. The molecule has 1 aliphatic heterocycles. The Morgan fingerprint density at radius 1 is 1.30 bits per heavy atom. The second-order valence-corrected chi connectivity index (χ2v) is 4.64. The lowest BCUT2D eigenvalue weighted by atomic mass is 10.1. The van der Waals surface area contributed by atoms with Crippen molar-refractivity contribution in [3.05, 3.63) is 23.8 Å². The molecule has 1 saturated heterocycles. The number of amides is 1. The monoisotopic (exact) mass is 281 g/mol. The molecule has 1 heterocycles. The minimum atomic E-state index is -0.886. The van der Waals surface area contributed by atoms with E-state index >= 15 is 0 Å². The third-order valence-electron chi connectivity index (χ3n) is 3.26. The predicted octanol–water partition coefficient (Wildman–Crippen LogP) is 0.271. The van der Waals surface area contributed by atoms with Gasteiger partial charge in [-0.25, -0.2) is 0 Å². The largest absolute Gasteiger partial charge is 0.493 e. The van der Waals surface area contributed by atoms with Gasteiger partial charge in [0.1, 0.15) is 0 Å². The molecule has 2 rings (SSSR count). The summed E-state index contributed by atoms with van der Waals surface area (Å²) in [6.45, 7) is 2.64. The molecule has 0 spiro atoms. The molecule has 0 saturated carbocycles. The highest BCUT2D eigenvalue weighted by atomic mass is 16.5. The van der Waals surface area contributed by atoms with Crippen molar-refractivity contribution in [1.82, 2.24) is 4.90 Å². The molecule has 2 unspecified atom stereocenters. The van der Waals surface area contributed by atoms with Crippen molar-refractivity contribution in [3.8, 4) is 11.5 Å². The number of hydrogen-bond donors (Lipinski definition) is 2. The molecule has 6 nitrogen and oxygen atoms in total. The summed E-state index contributed by atoms with van der Waals surface area (Å²) in [6, 6.07) is 4.93. The van der Waals surface area contributed by atoms with Gasteiger partial charge in [-0.1, -0.05) is 0 Å². The number of nitrogens with zero attached hydrogens (tertiary/aromatic N) is 1. The summed E-state index contributed by atoms with van der Waals surface area (Å²) in [5.41, 5.74) is 0.437. The van der Waals surface area contributed by atoms with Crippen LogP contribution in [-0.4, -0.2) is 60.0 Å². The zero-order chi connectivity index (χ0) is 14.7. The summed E-state index contributed by atoms with van der Waals surface area (Å²) in [7, 11) is 1.51. The van der Waals surface area contributed by atoms with E-state index in [0.717, 1.165) is 0 Å².